The maximum absolute atomic E-state index is 12.5. The lowest BCUT2D eigenvalue weighted by molar-refractivity contribution is -0.274. The van der Waals surface area contributed by atoms with Crippen molar-refractivity contribution in [3.8, 4) is 11.4 Å². The zero-order valence-electron chi connectivity index (χ0n) is 15.9. The number of hydrogen-bond acceptors (Lipinski definition) is 3. The van der Waals surface area contributed by atoms with E-state index in [2.05, 4.69) is 15.0 Å². The first-order chi connectivity index (χ1) is 14.8. The molecule has 0 spiro atoms. The first kappa shape index (κ1) is 20.7. The Kier molecular flexibility index (Phi) is 5.56. The van der Waals surface area contributed by atoms with Gasteiger partial charge in [0.1, 0.15) is 12.1 Å². The highest BCUT2D eigenvalue weighted by molar-refractivity contribution is 6.31. The first-order valence-electron chi connectivity index (χ1n) is 9.15. The number of carbonyl (C=O) groups excluding carboxylic acids is 1. The number of aromatic nitrogens is 2. The van der Waals surface area contributed by atoms with E-state index in [-0.39, 0.29) is 18.2 Å². The van der Waals surface area contributed by atoms with Crippen molar-refractivity contribution in [1.82, 2.24) is 14.9 Å². The van der Waals surface area contributed by atoms with Gasteiger partial charge in [-0.15, -0.1) is 13.2 Å². The van der Waals surface area contributed by atoms with E-state index in [1.54, 1.807) is 34.9 Å². The van der Waals surface area contributed by atoms with Crippen LogP contribution < -0.4 is 10.1 Å². The summed E-state index contributed by atoms with van der Waals surface area (Å²) in [6.45, 7) is 0.275. The largest absolute Gasteiger partial charge is 0.573 e. The second-order valence-electron chi connectivity index (χ2n) is 6.64. The summed E-state index contributed by atoms with van der Waals surface area (Å²) in [5.41, 5.74) is 2.79. The summed E-state index contributed by atoms with van der Waals surface area (Å²) in [4.78, 5) is 16.8. The summed E-state index contributed by atoms with van der Waals surface area (Å²) >= 11 is 6.10. The molecule has 0 fully saturated rings. The monoisotopic (exact) mass is 445 g/mol. The normalized spacial score (nSPS) is 11.5. The summed E-state index contributed by atoms with van der Waals surface area (Å²) in [5.74, 6) is -0.626. The minimum Gasteiger partial charge on any atom is -0.406 e. The van der Waals surface area contributed by atoms with E-state index in [1.165, 1.54) is 24.5 Å². The minimum absolute atomic E-state index is 0.275. The Bertz CT molecular complexity index is 1250. The molecule has 1 amide bonds. The van der Waals surface area contributed by atoms with E-state index in [9.17, 15) is 18.0 Å². The molecular formula is C22H15ClF3N3O2. The quantitative estimate of drug-likeness (QED) is 0.441. The van der Waals surface area contributed by atoms with Crippen LogP contribution in [0.1, 0.15) is 15.9 Å². The van der Waals surface area contributed by atoms with Crippen LogP contribution in [-0.4, -0.2) is 21.8 Å². The molecule has 1 N–H and O–H groups in total. The highest BCUT2D eigenvalue weighted by Crippen LogP contribution is 2.26. The number of hydrogen-bond donors (Lipinski definition) is 1. The van der Waals surface area contributed by atoms with Crippen molar-refractivity contribution in [2.75, 3.05) is 0 Å². The van der Waals surface area contributed by atoms with Crippen LogP contribution in [0.3, 0.4) is 0 Å². The van der Waals surface area contributed by atoms with Gasteiger partial charge in [0, 0.05) is 23.2 Å². The topological polar surface area (TPSA) is 56.2 Å². The van der Waals surface area contributed by atoms with Gasteiger partial charge in [-0.3, -0.25) is 9.36 Å². The fourth-order valence-electron chi connectivity index (χ4n) is 3.11. The van der Waals surface area contributed by atoms with Crippen molar-refractivity contribution in [2.45, 2.75) is 12.9 Å². The summed E-state index contributed by atoms with van der Waals surface area (Å²) in [6, 6.07) is 17.7. The van der Waals surface area contributed by atoms with Gasteiger partial charge in [-0.1, -0.05) is 35.9 Å². The maximum Gasteiger partial charge on any atom is 0.573 e. The molecule has 9 heteroatoms. The molecule has 0 saturated carbocycles. The van der Waals surface area contributed by atoms with E-state index in [1.807, 2.05) is 18.2 Å². The molecule has 4 rings (SSSR count). The number of carbonyl (C=O) groups is 1. The fraction of sp³-hybridized carbons (Fsp3) is 0.0909. The minimum atomic E-state index is -4.78. The standard InChI is InChI=1S/C22H15ClF3N3O2/c23-18-7-2-1-4-15(18)12-27-21(30)14-8-9-20-19(10-14)28-13-29(20)16-5-3-6-17(11-16)31-22(24,25)26/h1-11,13H,12H2,(H,27,30). The average Bonchev–Trinajstić information content (AvgIpc) is 3.15. The molecule has 0 aliphatic heterocycles. The van der Waals surface area contributed by atoms with Crippen molar-refractivity contribution in [1.29, 1.82) is 0 Å². The smallest absolute Gasteiger partial charge is 0.406 e. The molecule has 0 aliphatic rings. The predicted octanol–water partition coefficient (Wildman–Crippen LogP) is 5.51. The molecule has 31 heavy (non-hydrogen) atoms. The molecule has 1 heterocycles. The van der Waals surface area contributed by atoms with Crippen LogP contribution in [0, 0.1) is 0 Å². The van der Waals surface area contributed by atoms with E-state index in [0.29, 0.717) is 27.3 Å². The molecule has 4 aromatic rings. The second-order valence-corrected chi connectivity index (χ2v) is 7.04. The third-order valence-corrected chi connectivity index (χ3v) is 4.90. The summed E-state index contributed by atoms with van der Waals surface area (Å²) in [5, 5.41) is 3.37. The molecule has 158 valence electrons. The summed E-state index contributed by atoms with van der Waals surface area (Å²) < 4.78 is 43.1. The zero-order chi connectivity index (χ0) is 22.0. The number of halogens is 4. The van der Waals surface area contributed by atoms with Gasteiger partial charge < -0.3 is 10.1 Å². The lowest BCUT2D eigenvalue weighted by Gasteiger charge is -2.11. The van der Waals surface area contributed by atoms with Gasteiger partial charge in [-0.05, 0) is 42.0 Å². The lowest BCUT2D eigenvalue weighted by Crippen LogP contribution is -2.22. The zero-order valence-corrected chi connectivity index (χ0v) is 16.6. The molecule has 0 aliphatic carbocycles. The number of nitrogens with zero attached hydrogens (tertiary/aromatic N) is 2. The Hall–Kier alpha value is -3.52. The second kappa shape index (κ2) is 8.31. The SMILES string of the molecule is O=C(NCc1ccccc1Cl)c1ccc2c(c1)ncn2-c1cccc(OC(F)(F)F)c1. The van der Waals surface area contributed by atoms with Gasteiger partial charge in [0.05, 0.1) is 16.7 Å². The average molecular weight is 446 g/mol. The first-order valence-corrected chi connectivity index (χ1v) is 9.53. The molecule has 0 radical (unpaired) electrons. The number of alkyl halides is 3. The van der Waals surface area contributed by atoms with E-state index in [0.717, 1.165) is 5.56 Å². The van der Waals surface area contributed by atoms with Gasteiger partial charge >= 0.3 is 6.36 Å². The number of imidazole rings is 1. The number of nitrogens with one attached hydrogen (secondary N) is 1. The predicted molar refractivity (Wildman–Crippen MR) is 110 cm³/mol. The van der Waals surface area contributed by atoms with Crippen LogP contribution in [0.5, 0.6) is 5.75 Å². The van der Waals surface area contributed by atoms with E-state index in [4.69, 9.17) is 11.6 Å². The lowest BCUT2D eigenvalue weighted by atomic mass is 10.1. The van der Waals surface area contributed by atoms with Crippen LogP contribution in [-0.2, 0) is 6.54 Å². The fourth-order valence-corrected chi connectivity index (χ4v) is 3.31. The van der Waals surface area contributed by atoms with Gasteiger partial charge in [-0.25, -0.2) is 4.98 Å². The third-order valence-electron chi connectivity index (χ3n) is 4.54. The number of benzene rings is 3. The Morgan fingerprint density at radius 2 is 1.87 bits per heavy atom. The van der Waals surface area contributed by atoms with Crippen LogP contribution in [0.15, 0.2) is 73.1 Å². The van der Waals surface area contributed by atoms with Gasteiger partial charge in [0.2, 0.25) is 0 Å². The summed E-state index contributed by atoms with van der Waals surface area (Å²) in [6.07, 6.45) is -3.30. The number of amides is 1. The van der Waals surface area contributed by atoms with Crippen molar-refractivity contribution < 1.29 is 22.7 Å². The Morgan fingerprint density at radius 3 is 2.65 bits per heavy atom. The van der Waals surface area contributed by atoms with Gasteiger partial charge in [0.25, 0.3) is 5.91 Å². The van der Waals surface area contributed by atoms with E-state index < -0.39 is 6.36 Å². The molecule has 1 aromatic heterocycles. The van der Waals surface area contributed by atoms with E-state index >= 15 is 0 Å². The van der Waals surface area contributed by atoms with Crippen LogP contribution >= 0.6 is 11.6 Å². The molecule has 0 unspecified atom stereocenters. The highest BCUT2D eigenvalue weighted by atomic mass is 35.5. The van der Waals surface area contributed by atoms with Crippen LogP contribution in [0.4, 0.5) is 13.2 Å². The molecule has 0 bridgehead atoms. The summed E-state index contributed by atoms with van der Waals surface area (Å²) in [7, 11) is 0. The van der Waals surface area contributed by atoms with Crippen LogP contribution in [0.25, 0.3) is 16.7 Å². The van der Waals surface area contributed by atoms with Crippen molar-refractivity contribution in [3.63, 3.8) is 0 Å². The molecular weight excluding hydrogens is 431 g/mol. The third kappa shape index (κ3) is 4.80. The number of rotatable bonds is 5. The number of fused-ring (bicyclic) bond motifs is 1. The van der Waals surface area contributed by atoms with Crippen molar-refractivity contribution >= 4 is 28.5 Å². The Morgan fingerprint density at radius 1 is 1.06 bits per heavy atom. The maximum atomic E-state index is 12.5. The Labute approximate surface area is 180 Å². The molecule has 5 nitrogen and oxygen atoms in total. The molecule has 3 aromatic carbocycles. The number of ether oxygens (including phenoxy) is 1. The Balaban J connectivity index is 1.55. The van der Waals surface area contributed by atoms with Crippen molar-refractivity contribution in [3.05, 3.63) is 89.2 Å². The van der Waals surface area contributed by atoms with Crippen LogP contribution in [0.2, 0.25) is 5.02 Å². The highest BCUT2D eigenvalue weighted by Gasteiger charge is 2.31. The van der Waals surface area contributed by atoms with Gasteiger partial charge in [-0.2, -0.15) is 0 Å². The van der Waals surface area contributed by atoms with Gasteiger partial charge in [0.15, 0.2) is 0 Å². The van der Waals surface area contributed by atoms with Crippen molar-refractivity contribution in [2.24, 2.45) is 0 Å². The molecule has 0 atom stereocenters. The molecule has 0 saturated heterocycles.